The molecular weight excluding hydrogens is 316 g/mol. The van der Waals surface area contributed by atoms with Gasteiger partial charge in [-0.05, 0) is 6.42 Å². The van der Waals surface area contributed by atoms with Crippen LogP contribution < -0.4 is 0 Å². The van der Waals surface area contributed by atoms with Gasteiger partial charge in [-0.2, -0.15) is 0 Å². The summed E-state index contributed by atoms with van der Waals surface area (Å²) >= 11 is 0. The molecule has 4 aromatic rings. The smallest absolute Gasteiger partial charge is 0.134 e. The Hall–Kier alpha value is -3.16. The largest absolute Gasteiger partial charge is 0.332 e. The van der Waals surface area contributed by atoms with Gasteiger partial charge in [0.05, 0.1) is 37.4 Å². The van der Waals surface area contributed by atoms with E-state index in [1.165, 1.54) is 0 Å². The number of rotatable bonds is 7. The van der Waals surface area contributed by atoms with Crippen molar-refractivity contribution in [1.29, 1.82) is 0 Å². The Balaban J connectivity index is 1.86. The van der Waals surface area contributed by atoms with Crippen LogP contribution >= 0.6 is 0 Å². The molecule has 4 rings (SSSR count). The molecule has 0 N–H and O–H groups in total. The average Bonchev–Trinajstić information content (AvgIpc) is 3.44. The second-order valence-corrected chi connectivity index (χ2v) is 5.92. The molecule has 0 saturated carbocycles. The van der Waals surface area contributed by atoms with Gasteiger partial charge in [0, 0.05) is 49.6 Å². The average molecular weight is 336 g/mol. The Morgan fingerprint density at radius 1 is 0.640 bits per heavy atom. The standard InChI is InChI=1S/C17H20N8/c1-2-15(22-7-3-18-11-22)16(23-8-4-19-12-23)17(24-9-5-20-13-24)25-10-6-21-14-25/h3-17H,2H2,1H3. The first-order valence-electron chi connectivity index (χ1n) is 8.28. The van der Waals surface area contributed by atoms with E-state index in [9.17, 15) is 0 Å². The lowest BCUT2D eigenvalue weighted by Gasteiger charge is -2.36. The van der Waals surface area contributed by atoms with Gasteiger partial charge in [-0.3, -0.25) is 0 Å². The first kappa shape index (κ1) is 15.4. The van der Waals surface area contributed by atoms with Gasteiger partial charge in [-0.25, -0.2) is 19.9 Å². The van der Waals surface area contributed by atoms with Crippen molar-refractivity contribution in [2.75, 3.05) is 0 Å². The summed E-state index contributed by atoms with van der Waals surface area (Å²) in [6.07, 6.45) is 23.5. The van der Waals surface area contributed by atoms with Crippen LogP contribution in [0.15, 0.2) is 74.9 Å². The summed E-state index contributed by atoms with van der Waals surface area (Å²) < 4.78 is 8.52. The fraction of sp³-hybridized carbons (Fsp3) is 0.294. The summed E-state index contributed by atoms with van der Waals surface area (Å²) in [4.78, 5) is 17.0. The monoisotopic (exact) mass is 336 g/mol. The zero-order chi connectivity index (χ0) is 17.1. The molecule has 4 aromatic heterocycles. The van der Waals surface area contributed by atoms with Crippen molar-refractivity contribution in [3.63, 3.8) is 0 Å². The molecule has 0 amide bonds. The van der Waals surface area contributed by atoms with Gasteiger partial charge < -0.3 is 18.3 Å². The Kier molecular flexibility index (Phi) is 4.16. The van der Waals surface area contributed by atoms with E-state index in [2.05, 4.69) is 45.1 Å². The minimum atomic E-state index is -0.0356. The molecule has 4 heterocycles. The van der Waals surface area contributed by atoms with E-state index in [4.69, 9.17) is 0 Å². The van der Waals surface area contributed by atoms with E-state index in [0.29, 0.717) is 0 Å². The Morgan fingerprint density at radius 2 is 1.08 bits per heavy atom. The lowest BCUT2D eigenvalue weighted by Crippen LogP contribution is -2.33. The number of imidazole rings is 4. The molecule has 128 valence electrons. The third-order valence-electron chi connectivity index (χ3n) is 4.56. The molecule has 0 aromatic carbocycles. The van der Waals surface area contributed by atoms with E-state index in [1.54, 1.807) is 12.4 Å². The van der Waals surface area contributed by atoms with Gasteiger partial charge in [0.2, 0.25) is 0 Å². The van der Waals surface area contributed by atoms with Crippen LogP contribution in [-0.2, 0) is 0 Å². The molecule has 2 unspecified atom stereocenters. The topological polar surface area (TPSA) is 71.3 Å². The molecule has 0 radical (unpaired) electrons. The van der Waals surface area contributed by atoms with Gasteiger partial charge in [-0.1, -0.05) is 6.92 Å². The van der Waals surface area contributed by atoms with E-state index < -0.39 is 0 Å². The van der Waals surface area contributed by atoms with Gasteiger partial charge in [-0.15, -0.1) is 0 Å². The number of aromatic nitrogens is 8. The third-order valence-corrected chi connectivity index (χ3v) is 4.56. The van der Waals surface area contributed by atoms with Crippen molar-refractivity contribution in [1.82, 2.24) is 38.2 Å². The quantitative estimate of drug-likeness (QED) is 0.519. The lowest BCUT2D eigenvalue weighted by atomic mass is 10.0. The van der Waals surface area contributed by atoms with Crippen LogP contribution in [0.25, 0.3) is 0 Å². The molecule has 0 bridgehead atoms. The fourth-order valence-corrected chi connectivity index (χ4v) is 3.45. The molecule has 2 atom stereocenters. The van der Waals surface area contributed by atoms with Crippen LogP contribution in [0, 0.1) is 0 Å². The van der Waals surface area contributed by atoms with Gasteiger partial charge in [0.15, 0.2) is 0 Å². The Labute approximate surface area is 145 Å². The summed E-state index contributed by atoms with van der Waals surface area (Å²) in [6, 6.07) is 0.247. The molecule has 8 nitrogen and oxygen atoms in total. The zero-order valence-corrected chi connectivity index (χ0v) is 13.9. The minimum absolute atomic E-state index is 0.0356. The number of hydrogen-bond acceptors (Lipinski definition) is 4. The van der Waals surface area contributed by atoms with Crippen molar-refractivity contribution in [2.24, 2.45) is 0 Å². The highest BCUT2D eigenvalue weighted by Gasteiger charge is 2.33. The highest BCUT2D eigenvalue weighted by Crippen LogP contribution is 2.36. The fourth-order valence-electron chi connectivity index (χ4n) is 3.45. The van der Waals surface area contributed by atoms with E-state index in [0.717, 1.165) is 6.42 Å². The summed E-state index contributed by atoms with van der Waals surface area (Å²) in [5, 5.41) is 0. The van der Waals surface area contributed by atoms with Gasteiger partial charge in [0.1, 0.15) is 6.17 Å². The summed E-state index contributed by atoms with van der Waals surface area (Å²) in [6.45, 7) is 2.19. The summed E-state index contributed by atoms with van der Waals surface area (Å²) in [5.74, 6) is 0. The molecule has 0 saturated heterocycles. The molecule has 8 heteroatoms. The minimum Gasteiger partial charge on any atom is -0.332 e. The normalized spacial score (nSPS) is 14.0. The van der Waals surface area contributed by atoms with Crippen LogP contribution in [0.4, 0.5) is 0 Å². The maximum absolute atomic E-state index is 4.27. The Morgan fingerprint density at radius 3 is 1.48 bits per heavy atom. The maximum atomic E-state index is 4.27. The lowest BCUT2D eigenvalue weighted by molar-refractivity contribution is 0.198. The molecule has 0 fully saturated rings. The number of hydrogen-bond donors (Lipinski definition) is 0. The van der Waals surface area contributed by atoms with Crippen LogP contribution in [0.3, 0.4) is 0 Å². The molecule has 0 spiro atoms. The second-order valence-electron chi connectivity index (χ2n) is 5.92. The number of nitrogens with zero attached hydrogens (tertiary/aromatic N) is 8. The zero-order valence-electron chi connectivity index (χ0n) is 13.9. The summed E-state index contributed by atoms with van der Waals surface area (Å²) in [5.41, 5.74) is 0. The molecule has 0 aliphatic rings. The first-order valence-corrected chi connectivity index (χ1v) is 8.28. The highest BCUT2D eigenvalue weighted by atomic mass is 15.3. The predicted octanol–water partition coefficient (Wildman–Crippen LogP) is 2.41. The van der Waals surface area contributed by atoms with Gasteiger partial charge >= 0.3 is 0 Å². The van der Waals surface area contributed by atoms with Crippen molar-refractivity contribution in [3.8, 4) is 0 Å². The molecule has 0 aliphatic carbocycles. The highest BCUT2D eigenvalue weighted by molar-refractivity contribution is 4.98. The van der Waals surface area contributed by atoms with Crippen molar-refractivity contribution >= 4 is 0 Å². The SMILES string of the molecule is CCC(C(C(n1ccnc1)n1ccnc1)n1ccnc1)n1ccnc1. The van der Waals surface area contributed by atoms with Crippen LogP contribution in [0.5, 0.6) is 0 Å². The molecule has 0 aliphatic heterocycles. The van der Waals surface area contributed by atoms with Crippen molar-refractivity contribution < 1.29 is 0 Å². The second kappa shape index (κ2) is 6.76. The van der Waals surface area contributed by atoms with E-state index >= 15 is 0 Å². The van der Waals surface area contributed by atoms with Crippen LogP contribution in [-0.4, -0.2) is 38.2 Å². The summed E-state index contributed by atoms with van der Waals surface area (Å²) in [7, 11) is 0. The molecular formula is C17H20N8. The van der Waals surface area contributed by atoms with Crippen molar-refractivity contribution in [3.05, 3.63) is 74.9 Å². The van der Waals surface area contributed by atoms with Crippen molar-refractivity contribution in [2.45, 2.75) is 31.6 Å². The third kappa shape index (κ3) is 2.86. The molecule has 25 heavy (non-hydrogen) atoms. The van der Waals surface area contributed by atoms with E-state index in [-0.39, 0.29) is 18.2 Å². The predicted molar refractivity (Wildman–Crippen MR) is 91.7 cm³/mol. The Bertz CT molecular complexity index is 812. The van der Waals surface area contributed by atoms with Crippen LogP contribution in [0.2, 0.25) is 0 Å². The van der Waals surface area contributed by atoms with Crippen LogP contribution in [0.1, 0.15) is 31.6 Å². The van der Waals surface area contributed by atoms with E-state index in [1.807, 2.05) is 62.5 Å². The van der Waals surface area contributed by atoms with Gasteiger partial charge in [0.25, 0.3) is 0 Å². The maximum Gasteiger partial charge on any atom is 0.134 e. The first-order chi connectivity index (χ1) is 12.4.